The molecule has 3 rings (SSSR count). The fourth-order valence-electron chi connectivity index (χ4n) is 2.91. The van der Waals surface area contributed by atoms with Crippen LogP contribution in [0.3, 0.4) is 0 Å². The predicted octanol–water partition coefficient (Wildman–Crippen LogP) is 3.33. The van der Waals surface area contributed by atoms with E-state index in [2.05, 4.69) is 20.0 Å². The summed E-state index contributed by atoms with van der Waals surface area (Å²) < 4.78 is 27.6. The van der Waals surface area contributed by atoms with Gasteiger partial charge >= 0.3 is 0 Å². The van der Waals surface area contributed by atoms with Crippen molar-refractivity contribution in [2.75, 3.05) is 11.9 Å². The maximum Gasteiger partial charge on any atom is 0.241 e. The number of nitrogens with one attached hydrogen (secondary N) is 2. The molecule has 0 aliphatic heterocycles. The van der Waals surface area contributed by atoms with E-state index >= 15 is 0 Å². The smallest absolute Gasteiger partial charge is 0.241 e. The van der Waals surface area contributed by atoms with E-state index in [1.165, 1.54) is 6.33 Å². The molecule has 7 nitrogen and oxygen atoms in total. The Balaban J connectivity index is 1.71. The van der Waals surface area contributed by atoms with Gasteiger partial charge in [0.2, 0.25) is 10.0 Å². The summed E-state index contributed by atoms with van der Waals surface area (Å²) in [6.07, 6.45) is 1.47. The molecule has 0 bridgehead atoms. The highest BCUT2D eigenvalue weighted by Crippen LogP contribution is 2.22. The fraction of sp³-hybridized carbons (Fsp3) is 0.273. The van der Waals surface area contributed by atoms with Gasteiger partial charge in [-0.1, -0.05) is 42.5 Å². The number of nitrogens with zero attached hydrogens (tertiary/aromatic N) is 2. The Kier molecular flexibility index (Phi) is 6.50. The summed E-state index contributed by atoms with van der Waals surface area (Å²) in [6, 6.07) is 18.1. The van der Waals surface area contributed by atoms with Gasteiger partial charge in [-0.3, -0.25) is 0 Å². The molecule has 0 spiro atoms. The molecule has 8 heteroatoms. The van der Waals surface area contributed by atoms with Gasteiger partial charge < -0.3 is 11.1 Å². The molecule has 0 fully saturated rings. The van der Waals surface area contributed by atoms with E-state index in [1.54, 1.807) is 45.0 Å². The highest BCUT2D eigenvalue weighted by molar-refractivity contribution is 7.89. The zero-order chi connectivity index (χ0) is 21.8. The molecule has 0 amide bonds. The van der Waals surface area contributed by atoms with Crippen LogP contribution < -0.4 is 15.8 Å². The highest BCUT2D eigenvalue weighted by Gasteiger charge is 2.21. The number of benzene rings is 2. The van der Waals surface area contributed by atoms with Gasteiger partial charge in [0.05, 0.1) is 10.6 Å². The lowest BCUT2D eigenvalue weighted by Gasteiger charge is -2.20. The monoisotopic (exact) mass is 425 g/mol. The lowest BCUT2D eigenvalue weighted by molar-refractivity contribution is 0.491. The van der Waals surface area contributed by atoms with Gasteiger partial charge in [-0.15, -0.1) is 0 Å². The second-order valence-electron chi connectivity index (χ2n) is 8.07. The summed E-state index contributed by atoms with van der Waals surface area (Å²) in [6.45, 7) is 5.93. The first-order chi connectivity index (χ1) is 14.1. The van der Waals surface area contributed by atoms with E-state index in [9.17, 15) is 8.42 Å². The lowest BCUT2D eigenvalue weighted by Crippen LogP contribution is -2.40. The van der Waals surface area contributed by atoms with Crippen molar-refractivity contribution >= 4 is 15.8 Å². The van der Waals surface area contributed by atoms with E-state index in [-0.39, 0.29) is 10.9 Å². The molecule has 4 N–H and O–H groups in total. The third kappa shape index (κ3) is 5.85. The Morgan fingerprint density at radius 2 is 1.67 bits per heavy atom. The minimum atomic E-state index is -3.58. The van der Waals surface area contributed by atoms with E-state index in [1.807, 2.05) is 36.4 Å². The quantitative estimate of drug-likeness (QED) is 0.536. The third-order valence-corrected chi connectivity index (χ3v) is 6.07. The van der Waals surface area contributed by atoms with Crippen LogP contribution in [0.1, 0.15) is 32.4 Å². The Hall–Kier alpha value is -2.81. The Labute approximate surface area is 177 Å². The van der Waals surface area contributed by atoms with E-state index in [0.717, 1.165) is 11.1 Å². The molecule has 0 unspecified atom stereocenters. The van der Waals surface area contributed by atoms with E-state index in [4.69, 9.17) is 5.73 Å². The maximum atomic E-state index is 12.5. The number of sulfonamides is 1. The second kappa shape index (κ2) is 8.91. The molecule has 0 saturated heterocycles. The summed E-state index contributed by atoms with van der Waals surface area (Å²) in [4.78, 5) is 8.75. The summed E-state index contributed by atoms with van der Waals surface area (Å²) in [5, 5.41) is 3.23. The van der Waals surface area contributed by atoms with Gasteiger partial charge in [-0.25, -0.2) is 23.1 Å². The third-order valence-electron chi connectivity index (χ3n) is 4.30. The topological polar surface area (TPSA) is 110 Å². The SMILES string of the molecule is CC(C)(C)NS(=O)(=O)c1ccc(-c2cc(NC[C@H](N)c3ccccc3)ncn2)cc1. The summed E-state index contributed by atoms with van der Waals surface area (Å²) in [7, 11) is -3.58. The zero-order valence-corrected chi connectivity index (χ0v) is 18.1. The number of aromatic nitrogens is 2. The molecule has 30 heavy (non-hydrogen) atoms. The van der Waals surface area contributed by atoms with Crippen LogP contribution in [0.15, 0.2) is 71.9 Å². The van der Waals surface area contributed by atoms with Crippen molar-refractivity contribution in [3.05, 3.63) is 72.6 Å². The van der Waals surface area contributed by atoms with Crippen LogP contribution in [0.4, 0.5) is 5.82 Å². The van der Waals surface area contributed by atoms with E-state index < -0.39 is 15.6 Å². The van der Waals surface area contributed by atoms with Crippen LogP contribution in [-0.4, -0.2) is 30.5 Å². The molecule has 2 aromatic carbocycles. The average molecular weight is 426 g/mol. The van der Waals surface area contributed by atoms with Crippen molar-refractivity contribution < 1.29 is 8.42 Å². The molecule has 1 heterocycles. The molecule has 0 saturated carbocycles. The highest BCUT2D eigenvalue weighted by atomic mass is 32.2. The zero-order valence-electron chi connectivity index (χ0n) is 17.3. The van der Waals surface area contributed by atoms with Gasteiger partial charge in [0.1, 0.15) is 12.1 Å². The Morgan fingerprint density at radius 3 is 2.30 bits per heavy atom. The molecule has 1 atom stereocenters. The minimum absolute atomic E-state index is 0.163. The number of anilines is 1. The number of nitrogens with two attached hydrogens (primary N) is 1. The average Bonchev–Trinajstić information content (AvgIpc) is 2.71. The van der Waals surface area contributed by atoms with Gasteiger partial charge in [-0.2, -0.15) is 0 Å². The normalized spacial score (nSPS) is 13.1. The standard InChI is InChI=1S/C22H27N5O2S/c1-22(2,3)27-30(28,29)18-11-9-17(10-12-18)20-13-21(26-15-25-20)24-14-19(23)16-7-5-4-6-8-16/h4-13,15,19,27H,14,23H2,1-3H3,(H,24,25,26)/t19-/m0/s1. The minimum Gasteiger partial charge on any atom is -0.368 e. The molecule has 0 aliphatic rings. The van der Waals surface area contributed by atoms with Crippen LogP contribution in [0, 0.1) is 0 Å². The van der Waals surface area contributed by atoms with Crippen molar-refractivity contribution in [1.29, 1.82) is 0 Å². The Morgan fingerprint density at radius 1 is 1.00 bits per heavy atom. The van der Waals surface area contributed by atoms with Crippen molar-refractivity contribution in [2.24, 2.45) is 5.73 Å². The summed E-state index contributed by atoms with van der Waals surface area (Å²) in [5.41, 5.74) is 8.20. The first-order valence-corrected chi connectivity index (χ1v) is 11.1. The fourth-order valence-corrected chi connectivity index (χ4v) is 4.33. The molecule has 3 aromatic rings. The van der Waals surface area contributed by atoms with Crippen molar-refractivity contribution in [2.45, 2.75) is 37.2 Å². The van der Waals surface area contributed by atoms with Crippen LogP contribution in [0.25, 0.3) is 11.3 Å². The lowest BCUT2D eigenvalue weighted by atomic mass is 10.1. The number of hydrogen-bond donors (Lipinski definition) is 3. The molecule has 0 radical (unpaired) electrons. The van der Waals surface area contributed by atoms with Gasteiger partial charge in [0, 0.05) is 29.8 Å². The van der Waals surface area contributed by atoms with Crippen LogP contribution >= 0.6 is 0 Å². The van der Waals surface area contributed by atoms with Crippen molar-refractivity contribution in [1.82, 2.24) is 14.7 Å². The molecule has 158 valence electrons. The summed E-state index contributed by atoms with van der Waals surface area (Å²) in [5.74, 6) is 0.650. The second-order valence-corrected chi connectivity index (χ2v) is 9.75. The Bertz CT molecular complexity index is 1080. The van der Waals surface area contributed by atoms with Gasteiger partial charge in [-0.05, 0) is 38.5 Å². The van der Waals surface area contributed by atoms with Crippen LogP contribution in [0.2, 0.25) is 0 Å². The van der Waals surface area contributed by atoms with Crippen LogP contribution in [0.5, 0.6) is 0 Å². The summed E-state index contributed by atoms with van der Waals surface area (Å²) >= 11 is 0. The largest absolute Gasteiger partial charge is 0.368 e. The first-order valence-electron chi connectivity index (χ1n) is 9.65. The number of hydrogen-bond acceptors (Lipinski definition) is 6. The van der Waals surface area contributed by atoms with Crippen molar-refractivity contribution in [3.63, 3.8) is 0 Å². The molecular formula is C22H27N5O2S. The van der Waals surface area contributed by atoms with Crippen molar-refractivity contribution in [3.8, 4) is 11.3 Å². The first kappa shape index (κ1) is 21.9. The molecule has 1 aromatic heterocycles. The molecule has 0 aliphatic carbocycles. The number of rotatable bonds is 7. The van der Waals surface area contributed by atoms with Gasteiger partial charge in [0.25, 0.3) is 0 Å². The molecular weight excluding hydrogens is 398 g/mol. The maximum absolute atomic E-state index is 12.5. The predicted molar refractivity (Wildman–Crippen MR) is 119 cm³/mol. The van der Waals surface area contributed by atoms with Gasteiger partial charge in [0.15, 0.2) is 0 Å². The van der Waals surface area contributed by atoms with E-state index in [0.29, 0.717) is 18.1 Å². The van der Waals surface area contributed by atoms with Crippen LogP contribution in [-0.2, 0) is 10.0 Å².